The molecule has 0 aromatic heterocycles. The van der Waals surface area contributed by atoms with Crippen molar-refractivity contribution < 1.29 is 14.3 Å². The summed E-state index contributed by atoms with van der Waals surface area (Å²) in [6, 6.07) is 16.2. The van der Waals surface area contributed by atoms with Gasteiger partial charge in [0.1, 0.15) is 0 Å². The number of piperidine rings is 1. The molecular formula is C22H25BrN2O3S. The van der Waals surface area contributed by atoms with Crippen LogP contribution in [0.1, 0.15) is 12.8 Å². The average molecular weight is 477 g/mol. The Morgan fingerprint density at radius 3 is 2.21 bits per heavy atom. The maximum absolute atomic E-state index is 12.4. The van der Waals surface area contributed by atoms with Crippen molar-refractivity contribution >= 4 is 39.3 Å². The Morgan fingerprint density at radius 1 is 1.00 bits per heavy atom. The van der Waals surface area contributed by atoms with Gasteiger partial charge in [-0.15, -0.1) is 0 Å². The molecule has 0 saturated carbocycles. The van der Waals surface area contributed by atoms with Gasteiger partial charge in [-0.05, 0) is 74.5 Å². The molecule has 0 aliphatic carbocycles. The molecule has 2 aliphatic heterocycles. The topological polar surface area (TPSA) is 50.8 Å². The van der Waals surface area contributed by atoms with Crippen molar-refractivity contribution in [3.63, 3.8) is 0 Å². The van der Waals surface area contributed by atoms with E-state index in [0.717, 1.165) is 41.0 Å². The minimum atomic E-state index is -0.0419. The molecule has 1 amide bonds. The summed E-state index contributed by atoms with van der Waals surface area (Å²) in [5.74, 6) is 0.484. The molecule has 2 aromatic rings. The van der Waals surface area contributed by atoms with Gasteiger partial charge in [-0.3, -0.25) is 9.69 Å². The molecular weight excluding hydrogens is 452 g/mol. The Labute approximate surface area is 184 Å². The van der Waals surface area contributed by atoms with Crippen molar-refractivity contribution in [2.45, 2.75) is 28.9 Å². The first-order valence-corrected chi connectivity index (χ1v) is 11.6. The highest BCUT2D eigenvalue weighted by atomic mass is 79.9. The summed E-state index contributed by atoms with van der Waals surface area (Å²) < 4.78 is 12.3. The molecule has 1 N–H and O–H groups in total. The molecule has 154 valence electrons. The van der Waals surface area contributed by atoms with Gasteiger partial charge in [0.2, 0.25) is 5.91 Å². The number of nitrogens with one attached hydrogen (secondary N) is 1. The highest BCUT2D eigenvalue weighted by Gasteiger charge is 2.30. The number of hydrogen-bond acceptors (Lipinski definition) is 5. The summed E-state index contributed by atoms with van der Waals surface area (Å²) in [4.78, 5) is 16.9. The number of hydrogen-bond donors (Lipinski definition) is 1. The Morgan fingerprint density at radius 2 is 1.59 bits per heavy atom. The molecule has 0 bridgehead atoms. The fourth-order valence-corrected chi connectivity index (χ4v) is 4.76. The van der Waals surface area contributed by atoms with Crippen LogP contribution in [0.15, 0.2) is 62.8 Å². The average Bonchev–Trinajstić information content (AvgIpc) is 3.27. The molecule has 2 aliphatic rings. The molecule has 0 spiro atoms. The molecule has 0 atom stereocenters. The van der Waals surface area contributed by atoms with Crippen LogP contribution in [0.2, 0.25) is 0 Å². The molecule has 2 aromatic carbocycles. The van der Waals surface area contributed by atoms with Crippen LogP contribution in [0, 0.1) is 5.92 Å². The van der Waals surface area contributed by atoms with E-state index in [1.807, 2.05) is 36.4 Å². The van der Waals surface area contributed by atoms with Crippen LogP contribution in [0.4, 0.5) is 5.69 Å². The molecule has 2 fully saturated rings. The van der Waals surface area contributed by atoms with Gasteiger partial charge in [0.25, 0.3) is 0 Å². The van der Waals surface area contributed by atoms with Gasteiger partial charge in [0.05, 0.1) is 19.8 Å². The van der Waals surface area contributed by atoms with E-state index in [2.05, 4.69) is 38.3 Å². The minimum absolute atomic E-state index is 0.0325. The van der Waals surface area contributed by atoms with E-state index in [4.69, 9.17) is 9.47 Å². The quantitative estimate of drug-likeness (QED) is 0.658. The van der Waals surface area contributed by atoms with Gasteiger partial charge in [-0.25, -0.2) is 0 Å². The van der Waals surface area contributed by atoms with E-state index in [9.17, 15) is 4.79 Å². The maximum atomic E-state index is 12.4. The minimum Gasteiger partial charge on any atom is -0.350 e. The van der Waals surface area contributed by atoms with Crippen LogP contribution in [-0.4, -0.2) is 49.9 Å². The highest BCUT2D eigenvalue weighted by molar-refractivity contribution is 9.10. The van der Waals surface area contributed by atoms with Crippen LogP contribution >= 0.6 is 27.7 Å². The van der Waals surface area contributed by atoms with E-state index < -0.39 is 0 Å². The molecule has 7 heteroatoms. The van der Waals surface area contributed by atoms with Crippen LogP contribution in [0.3, 0.4) is 0 Å². The molecule has 0 unspecified atom stereocenters. The van der Waals surface area contributed by atoms with Crippen molar-refractivity contribution in [1.82, 2.24) is 4.90 Å². The number of benzene rings is 2. The van der Waals surface area contributed by atoms with Crippen LogP contribution in [0.25, 0.3) is 0 Å². The maximum Gasteiger partial charge on any atom is 0.238 e. The first-order chi connectivity index (χ1) is 14.2. The summed E-state index contributed by atoms with van der Waals surface area (Å²) in [5.41, 5.74) is 0.831. The summed E-state index contributed by atoms with van der Waals surface area (Å²) in [5, 5.41) is 3.01. The fourth-order valence-electron chi connectivity index (χ4n) is 3.68. The summed E-state index contributed by atoms with van der Waals surface area (Å²) in [7, 11) is 0. The normalized spacial score (nSPS) is 18.8. The largest absolute Gasteiger partial charge is 0.350 e. The van der Waals surface area contributed by atoms with Gasteiger partial charge in [0, 0.05) is 25.9 Å². The van der Waals surface area contributed by atoms with Crippen LogP contribution < -0.4 is 5.32 Å². The summed E-state index contributed by atoms with van der Waals surface area (Å²) in [6.07, 6.45) is 1.99. The van der Waals surface area contributed by atoms with Crippen molar-refractivity contribution in [1.29, 1.82) is 0 Å². The van der Waals surface area contributed by atoms with Crippen molar-refractivity contribution in [2.75, 3.05) is 38.2 Å². The van der Waals surface area contributed by atoms with Crippen molar-refractivity contribution in [2.24, 2.45) is 5.92 Å². The molecule has 0 radical (unpaired) electrons. The second-order valence-corrected chi connectivity index (χ2v) is 9.41. The fraction of sp³-hybridized carbons (Fsp3) is 0.409. The smallest absolute Gasteiger partial charge is 0.238 e. The lowest BCUT2D eigenvalue weighted by Gasteiger charge is -2.33. The zero-order valence-electron chi connectivity index (χ0n) is 16.2. The number of amides is 1. The lowest BCUT2D eigenvalue weighted by Crippen LogP contribution is -2.41. The SMILES string of the molecule is O=C(CN1CCC(C2OCCO2)CC1)Nc1ccc(Sc2ccc(Br)cc2)cc1. The van der Waals surface area contributed by atoms with E-state index in [-0.39, 0.29) is 12.2 Å². The van der Waals surface area contributed by atoms with Gasteiger partial charge in [-0.1, -0.05) is 27.7 Å². The number of nitrogens with zero attached hydrogens (tertiary/aromatic N) is 1. The lowest BCUT2D eigenvalue weighted by molar-refractivity contribution is -0.119. The first-order valence-electron chi connectivity index (χ1n) is 9.94. The number of carbonyl (C=O) groups excluding carboxylic acids is 1. The summed E-state index contributed by atoms with van der Waals surface area (Å²) in [6.45, 7) is 3.64. The van der Waals surface area contributed by atoms with Crippen LogP contribution in [0.5, 0.6) is 0 Å². The third-order valence-corrected chi connectivity index (χ3v) is 6.76. The Bertz CT molecular complexity index is 802. The Balaban J connectivity index is 1.22. The molecule has 4 rings (SSSR count). The second-order valence-electron chi connectivity index (χ2n) is 7.35. The van der Waals surface area contributed by atoms with E-state index in [1.165, 1.54) is 4.90 Å². The predicted molar refractivity (Wildman–Crippen MR) is 118 cm³/mol. The van der Waals surface area contributed by atoms with E-state index in [0.29, 0.717) is 25.7 Å². The number of likely N-dealkylation sites (tertiary alicyclic amines) is 1. The van der Waals surface area contributed by atoms with Gasteiger partial charge >= 0.3 is 0 Å². The van der Waals surface area contributed by atoms with Crippen LogP contribution in [-0.2, 0) is 14.3 Å². The van der Waals surface area contributed by atoms with Gasteiger partial charge in [-0.2, -0.15) is 0 Å². The van der Waals surface area contributed by atoms with Gasteiger partial charge < -0.3 is 14.8 Å². The number of anilines is 1. The third kappa shape index (κ3) is 6.06. The zero-order chi connectivity index (χ0) is 20.1. The molecule has 5 nitrogen and oxygen atoms in total. The standard InChI is InChI=1S/C22H25BrN2O3S/c23-17-1-5-19(6-2-17)29-20-7-3-18(4-8-20)24-21(26)15-25-11-9-16(10-12-25)22-27-13-14-28-22/h1-8,16,22H,9-15H2,(H,24,26). The molecule has 2 saturated heterocycles. The van der Waals surface area contributed by atoms with Crippen molar-refractivity contribution in [3.05, 3.63) is 53.0 Å². The number of halogens is 1. The Kier molecular flexibility index (Phi) is 7.26. The van der Waals surface area contributed by atoms with E-state index in [1.54, 1.807) is 11.8 Å². The van der Waals surface area contributed by atoms with Gasteiger partial charge in [0.15, 0.2) is 6.29 Å². The second kappa shape index (κ2) is 10.1. The van der Waals surface area contributed by atoms with Crippen molar-refractivity contribution in [3.8, 4) is 0 Å². The number of ether oxygens (including phenoxy) is 2. The zero-order valence-corrected chi connectivity index (χ0v) is 18.6. The predicted octanol–water partition coefficient (Wildman–Crippen LogP) is 4.62. The first kappa shape index (κ1) is 20.9. The molecule has 2 heterocycles. The molecule has 29 heavy (non-hydrogen) atoms. The Hall–Kier alpha value is -1.38. The monoisotopic (exact) mass is 476 g/mol. The lowest BCUT2D eigenvalue weighted by atomic mass is 9.96. The highest BCUT2D eigenvalue weighted by Crippen LogP contribution is 2.29. The number of carbonyl (C=O) groups is 1. The third-order valence-electron chi connectivity index (χ3n) is 5.22. The number of rotatable bonds is 6. The van der Waals surface area contributed by atoms with E-state index >= 15 is 0 Å². The summed E-state index contributed by atoms with van der Waals surface area (Å²) >= 11 is 5.15.